The minimum Gasteiger partial charge on any atom is -0.360 e. The lowest BCUT2D eigenvalue weighted by Gasteiger charge is -2.50. The van der Waals surface area contributed by atoms with Gasteiger partial charge in [0.15, 0.2) is 0 Å². The molecule has 2 N–H and O–H groups in total. The Morgan fingerprint density at radius 2 is 1.12 bits per heavy atom. The molecule has 0 amide bonds. The van der Waals surface area contributed by atoms with Crippen LogP contribution in [-0.4, -0.2) is 77.5 Å². The molecule has 0 aromatic rings. The zero-order chi connectivity index (χ0) is 33.7. The Morgan fingerprint density at radius 1 is 0.471 bits per heavy atom. The fraction of sp³-hybridized carbons (Fsp3) is 1.00. The van der Waals surface area contributed by atoms with Crippen molar-refractivity contribution in [2.45, 2.75) is 234 Å². The minimum atomic E-state index is 0.386. The molecule has 0 spiro atoms. The molecule has 5 heteroatoms. The molecule has 4 saturated heterocycles. The maximum Gasteiger partial charge on any atom is 0.111 e. The van der Waals surface area contributed by atoms with E-state index in [1.807, 2.05) is 0 Å². The van der Waals surface area contributed by atoms with Crippen LogP contribution in [0.1, 0.15) is 180 Å². The van der Waals surface area contributed by atoms with Crippen LogP contribution in [0.25, 0.3) is 0 Å². The molecule has 10 unspecified atom stereocenters. The Morgan fingerprint density at radius 3 is 1.86 bits per heavy atom. The van der Waals surface area contributed by atoms with Gasteiger partial charge in [0.05, 0.1) is 6.10 Å². The molecule has 6 saturated carbocycles. The largest absolute Gasteiger partial charge is 0.360 e. The first-order valence-corrected chi connectivity index (χ1v) is 24.0. The van der Waals surface area contributed by atoms with Gasteiger partial charge in [0.1, 0.15) is 6.23 Å². The van der Waals surface area contributed by atoms with Crippen LogP contribution in [0.4, 0.5) is 0 Å². The molecular weight excluding hydrogens is 625 g/mol. The third-order valence-corrected chi connectivity index (χ3v) is 18.5. The van der Waals surface area contributed by atoms with Crippen molar-refractivity contribution in [3.63, 3.8) is 0 Å². The van der Waals surface area contributed by atoms with Crippen molar-refractivity contribution >= 4 is 0 Å². The van der Waals surface area contributed by atoms with E-state index in [0.717, 1.165) is 83.7 Å². The summed E-state index contributed by atoms with van der Waals surface area (Å²) in [5.41, 5.74) is 0. The van der Waals surface area contributed by atoms with Gasteiger partial charge in [0.2, 0.25) is 0 Å². The number of piperidine rings is 2. The fourth-order valence-corrected chi connectivity index (χ4v) is 16.1. The van der Waals surface area contributed by atoms with E-state index < -0.39 is 0 Å². The van der Waals surface area contributed by atoms with Crippen LogP contribution in [0.5, 0.6) is 0 Å². The second-order valence-corrected chi connectivity index (χ2v) is 20.7. The van der Waals surface area contributed by atoms with Gasteiger partial charge in [-0.15, -0.1) is 0 Å². The first kappa shape index (κ1) is 35.2. The van der Waals surface area contributed by atoms with Gasteiger partial charge in [0.25, 0.3) is 0 Å². The summed E-state index contributed by atoms with van der Waals surface area (Å²) in [4.78, 5) is 6.52. The van der Waals surface area contributed by atoms with Crippen LogP contribution in [-0.2, 0) is 4.74 Å². The van der Waals surface area contributed by atoms with Crippen LogP contribution in [0.2, 0.25) is 0 Å². The molecule has 0 bridgehead atoms. The molecule has 10 aliphatic rings. The number of hydrogen-bond acceptors (Lipinski definition) is 5. The lowest BCUT2D eigenvalue weighted by atomic mass is 9.67. The predicted molar refractivity (Wildman–Crippen MR) is 209 cm³/mol. The summed E-state index contributed by atoms with van der Waals surface area (Å²) in [6.07, 6.45) is 42.4. The zero-order valence-electron chi connectivity index (χ0n) is 32.8. The van der Waals surface area contributed by atoms with E-state index in [2.05, 4.69) is 20.4 Å². The molecule has 288 valence electrons. The molecule has 10 fully saturated rings. The SMILES string of the molecule is C1CCC(N(C2CCCCC2)C2CCC3C(C2)C2CNCCC2N3C2CCC(C3CCC(C4CCC5C(N4)OC4CCCCC45)CC3)CC2)CC1. The van der Waals surface area contributed by atoms with Crippen LogP contribution < -0.4 is 10.6 Å². The van der Waals surface area contributed by atoms with Gasteiger partial charge in [0, 0.05) is 48.2 Å². The Hall–Kier alpha value is -0.200. The number of ether oxygens (including phenoxy) is 1. The average Bonchev–Trinajstić information content (AvgIpc) is 3.74. The summed E-state index contributed by atoms with van der Waals surface area (Å²) < 4.78 is 6.67. The van der Waals surface area contributed by atoms with Gasteiger partial charge < -0.3 is 10.1 Å². The van der Waals surface area contributed by atoms with E-state index in [4.69, 9.17) is 4.74 Å². The first-order chi connectivity index (χ1) is 25.3. The maximum atomic E-state index is 6.67. The van der Waals surface area contributed by atoms with Crippen molar-refractivity contribution in [2.24, 2.45) is 41.4 Å². The van der Waals surface area contributed by atoms with Gasteiger partial charge >= 0.3 is 0 Å². The molecule has 51 heavy (non-hydrogen) atoms. The van der Waals surface area contributed by atoms with Gasteiger partial charge in [-0.2, -0.15) is 0 Å². The molecule has 0 aromatic heterocycles. The van der Waals surface area contributed by atoms with Crippen molar-refractivity contribution < 1.29 is 4.74 Å². The molecule has 10 atom stereocenters. The third-order valence-electron chi connectivity index (χ3n) is 18.5. The molecule has 4 heterocycles. The fourth-order valence-electron chi connectivity index (χ4n) is 16.1. The molecule has 10 rings (SSSR count). The Labute approximate surface area is 313 Å². The summed E-state index contributed by atoms with van der Waals surface area (Å²) in [6, 6.07) is 6.08. The summed E-state index contributed by atoms with van der Waals surface area (Å²) in [7, 11) is 0. The Kier molecular flexibility index (Phi) is 10.9. The van der Waals surface area contributed by atoms with Crippen molar-refractivity contribution in [3.05, 3.63) is 0 Å². The van der Waals surface area contributed by atoms with Crippen LogP contribution >= 0.6 is 0 Å². The van der Waals surface area contributed by atoms with Crippen molar-refractivity contribution in [2.75, 3.05) is 13.1 Å². The summed E-state index contributed by atoms with van der Waals surface area (Å²) in [6.45, 7) is 2.57. The van der Waals surface area contributed by atoms with E-state index >= 15 is 0 Å². The normalized spacial score (nSPS) is 48.9. The first-order valence-electron chi connectivity index (χ1n) is 24.0. The van der Waals surface area contributed by atoms with Gasteiger partial charge in [-0.1, -0.05) is 51.4 Å². The monoisotopic (exact) mass is 703 g/mol. The molecular formula is C46H78N4O. The average molecular weight is 703 g/mol. The van der Waals surface area contributed by atoms with E-state index in [9.17, 15) is 0 Å². The maximum absolute atomic E-state index is 6.67. The van der Waals surface area contributed by atoms with Crippen LogP contribution in [0.3, 0.4) is 0 Å². The van der Waals surface area contributed by atoms with Crippen molar-refractivity contribution in [1.82, 2.24) is 20.4 Å². The highest BCUT2D eigenvalue weighted by molar-refractivity contribution is 5.09. The lowest BCUT2D eigenvalue weighted by molar-refractivity contribution is -0.0254. The Balaban J connectivity index is 0.742. The minimum absolute atomic E-state index is 0.386. The predicted octanol–water partition coefficient (Wildman–Crippen LogP) is 9.43. The summed E-state index contributed by atoms with van der Waals surface area (Å²) in [5, 5.41) is 8.06. The molecule has 0 aromatic carbocycles. The van der Waals surface area contributed by atoms with Crippen molar-refractivity contribution in [3.8, 4) is 0 Å². The van der Waals surface area contributed by atoms with Gasteiger partial charge in [-0.05, 0) is 177 Å². The second-order valence-electron chi connectivity index (χ2n) is 20.7. The number of fused-ring (bicyclic) bond motifs is 6. The van der Waals surface area contributed by atoms with E-state index in [-0.39, 0.29) is 0 Å². The number of nitrogens with zero attached hydrogens (tertiary/aromatic N) is 2. The highest BCUT2D eigenvalue weighted by Crippen LogP contribution is 2.52. The number of likely N-dealkylation sites (tertiary alicyclic amines) is 1. The quantitative estimate of drug-likeness (QED) is 0.289. The van der Waals surface area contributed by atoms with E-state index in [0.29, 0.717) is 12.3 Å². The van der Waals surface area contributed by atoms with Gasteiger partial charge in [-0.3, -0.25) is 15.1 Å². The zero-order valence-corrected chi connectivity index (χ0v) is 32.8. The summed E-state index contributed by atoms with van der Waals surface area (Å²) in [5.74, 6) is 6.50. The highest BCUT2D eigenvalue weighted by Gasteiger charge is 2.55. The number of hydrogen-bond donors (Lipinski definition) is 2. The highest BCUT2D eigenvalue weighted by atomic mass is 16.5. The number of nitrogens with one attached hydrogen (secondary N) is 2. The molecule has 6 aliphatic carbocycles. The molecule has 4 aliphatic heterocycles. The molecule has 0 radical (unpaired) electrons. The van der Waals surface area contributed by atoms with Crippen LogP contribution in [0.15, 0.2) is 0 Å². The smallest absolute Gasteiger partial charge is 0.111 e. The van der Waals surface area contributed by atoms with Crippen LogP contribution in [0, 0.1) is 41.4 Å². The topological polar surface area (TPSA) is 39.8 Å². The lowest BCUT2D eigenvalue weighted by Crippen LogP contribution is -2.55. The summed E-state index contributed by atoms with van der Waals surface area (Å²) >= 11 is 0. The van der Waals surface area contributed by atoms with E-state index in [1.54, 1.807) is 0 Å². The standard InChI is InChI=1S/C46H78N4O/c1-3-9-34(10-4-1)49(35-11-5-2-6-12-35)37-23-26-43-40(29-37)41-30-47-28-27-44(41)50(43)36-21-19-32(20-22-36)31-15-17-33(18-16-31)42-25-24-39-38-13-7-8-14-45(38)51-46(39)48-42/h31-48H,1-30H2. The number of rotatable bonds is 6. The second kappa shape index (κ2) is 15.7. The van der Waals surface area contributed by atoms with Gasteiger partial charge in [-0.25, -0.2) is 0 Å². The van der Waals surface area contributed by atoms with E-state index in [1.165, 1.54) is 193 Å². The molecule has 5 nitrogen and oxygen atoms in total. The third kappa shape index (κ3) is 6.97. The Bertz CT molecular complexity index is 1100. The van der Waals surface area contributed by atoms with Crippen molar-refractivity contribution in [1.29, 1.82) is 0 Å².